The van der Waals surface area contributed by atoms with Crippen molar-refractivity contribution in [2.75, 3.05) is 11.9 Å². The number of anilines is 1. The number of hydrogen-bond acceptors (Lipinski definition) is 4. The van der Waals surface area contributed by atoms with Gasteiger partial charge < -0.3 is 4.74 Å². The Balaban J connectivity index is 1.58. The monoisotopic (exact) mass is 364 g/mol. The molecule has 2 aromatic rings. The lowest BCUT2D eigenvalue weighted by atomic mass is 9.93. The Hall–Kier alpha value is -1.59. The van der Waals surface area contributed by atoms with E-state index in [1.807, 2.05) is 26.0 Å². The third kappa shape index (κ3) is 3.90. The Bertz CT molecular complexity index is 749. The molecule has 1 aliphatic carbocycles. The third-order valence-electron chi connectivity index (χ3n) is 4.21. The maximum absolute atomic E-state index is 12.1. The van der Waals surface area contributed by atoms with E-state index in [1.54, 1.807) is 11.3 Å². The van der Waals surface area contributed by atoms with Gasteiger partial charge in [-0.1, -0.05) is 18.5 Å². The van der Waals surface area contributed by atoms with Crippen LogP contribution in [0.15, 0.2) is 12.1 Å². The van der Waals surface area contributed by atoms with Crippen LogP contribution in [-0.2, 0) is 17.6 Å². The number of carbonyl (C=O) groups is 1. The molecular formula is C18H21ClN2O2S. The quantitative estimate of drug-likeness (QED) is 0.865. The van der Waals surface area contributed by atoms with Crippen molar-refractivity contribution in [2.24, 2.45) is 5.92 Å². The summed E-state index contributed by atoms with van der Waals surface area (Å²) in [4.78, 5) is 17.9. The fraction of sp³-hybridized carbons (Fsp3) is 0.444. The standard InChI is InChI=1S/C18H21ClN2O2S/c1-10-4-5-14-15(6-10)24-18(20-14)21-16(22)9-23-13-7-11(2)17(19)12(3)8-13/h7-8,10H,4-6,9H2,1-3H3,(H,20,21,22)/t10-/m1/s1. The summed E-state index contributed by atoms with van der Waals surface area (Å²) in [6.45, 7) is 6.05. The second-order valence-corrected chi connectivity index (χ2v) is 7.91. The van der Waals surface area contributed by atoms with Gasteiger partial charge in [0, 0.05) is 9.90 Å². The predicted octanol–water partition coefficient (Wildman–Crippen LogP) is 4.56. The highest BCUT2D eigenvalue weighted by Gasteiger charge is 2.20. The normalized spacial score (nSPS) is 16.6. The second kappa shape index (κ2) is 7.11. The maximum Gasteiger partial charge on any atom is 0.264 e. The molecule has 4 nitrogen and oxygen atoms in total. The molecule has 3 rings (SSSR count). The highest BCUT2D eigenvalue weighted by atomic mass is 35.5. The SMILES string of the molecule is Cc1cc(OCC(=O)Nc2nc3c(s2)C[C@H](C)CC3)cc(C)c1Cl. The Morgan fingerprint density at radius 2 is 2.12 bits per heavy atom. The zero-order valence-electron chi connectivity index (χ0n) is 14.1. The van der Waals surface area contributed by atoms with Crippen molar-refractivity contribution in [2.45, 2.75) is 40.0 Å². The molecule has 128 valence electrons. The first kappa shape index (κ1) is 17.2. The van der Waals surface area contributed by atoms with E-state index < -0.39 is 0 Å². The molecule has 0 unspecified atom stereocenters. The van der Waals surface area contributed by atoms with E-state index in [-0.39, 0.29) is 12.5 Å². The van der Waals surface area contributed by atoms with Gasteiger partial charge in [0.05, 0.1) is 5.69 Å². The second-order valence-electron chi connectivity index (χ2n) is 6.44. The van der Waals surface area contributed by atoms with Gasteiger partial charge >= 0.3 is 0 Å². The predicted molar refractivity (Wildman–Crippen MR) is 98.4 cm³/mol. The molecule has 1 amide bonds. The number of nitrogens with zero attached hydrogens (tertiary/aromatic N) is 1. The van der Waals surface area contributed by atoms with Gasteiger partial charge in [-0.25, -0.2) is 4.98 Å². The summed E-state index contributed by atoms with van der Waals surface area (Å²) in [6.07, 6.45) is 3.23. The Morgan fingerprint density at radius 1 is 1.42 bits per heavy atom. The number of aryl methyl sites for hydroxylation is 3. The molecule has 1 N–H and O–H groups in total. The molecule has 0 fully saturated rings. The molecule has 1 heterocycles. The zero-order valence-corrected chi connectivity index (χ0v) is 15.7. The first-order valence-corrected chi connectivity index (χ1v) is 9.30. The summed E-state index contributed by atoms with van der Waals surface area (Å²) in [6, 6.07) is 3.68. The molecule has 0 spiro atoms. The zero-order chi connectivity index (χ0) is 17.3. The van der Waals surface area contributed by atoms with E-state index in [2.05, 4.69) is 17.2 Å². The molecule has 1 aliphatic rings. The Morgan fingerprint density at radius 3 is 2.83 bits per heavy atom. The highest BCUT2D eigenvalue weighted by molar-refractivity contribution is 7.15. The summed E-state index contributed by atoms with van der Waals surface area (Å²) < 4.78 is 5.58. The molecular weight excluding hydrogens is 344 g/mol. The molecule has 0 aliphatic heterocycles. The lowest BCUT2D eigenvalue weighted by Gasteiger charge is -2.15. The summed E-state index contributed by atoms with van der Waals surface area (Å²) in [5, 5.41) is 4.25. The first-order chi connectivity index (χ1) is 11.4. The van der Waals surface area contributed by atoms with Crippen LogP contribution in [0.1, 0.15) is 35.0 Å². The van der Waals surface area contributed by atoms with Crippen LogP contribution in [0.25, 0.3) is 0 Å². The summed E-state index contributed by atoms with van der Waals surface area (Å²) >= 11 is 7.72. The van der Waals surface area contributed by atoms with Crippen molar-refractivity contribution in [3.05, 3.63) is 38.9 Å². The van der Waals surface area contributed by atoms with Gasteiger partial charge in [0.2, 0.25) is 0 Å². The van der Waals surface area contributed by atoms with Crippen molar-refractivity contribution in [3.63, 3.8) is 0 Å². The Labute approximate surface area is 151 Å². The maximum atomic E-state index is 12.1. The van der Waals surface area contributed by atoms with E-state index in [4.69, 9.17) is 16.3 Å². The summed E-state index contributed by atoms with van der Waals surface area (Å²) in [5.74, 6) is 1.15. The van der Waals surface area contributed by atoms with E-state index in [9.17, 15) is 4.79 Å². The number of halogens is 1. The molecule has 0 saturated heterocycles. The van der Waals surface area contributed by atoms with Crippen LogP contribution in [0.3, 0.4) is 0 Å². The minimum absolute atomic E-state index is 0.0405. The molecule has 24 heavy (non-hydrogen) atoms. The van der Waals surface area contributed by atoms with Crippen LogP contribution >= 0.6 is 22.9 Å². The molecule has 0 bridgehead atoms. The van der Waals surface area contributed by atoms with Crippen LogP contribution in [0.5, 0.6) is 5.75 Å². The number of fused-ring (bicyclic) bond motifs is 1. The van der Waals surface area contributed by atoms with Gasteiger partial charge in [-0.3, -0.25) is 10.1 Å². The van der Waals surface area contributed by atoms with Crippen LogP contribution in [0.4, 0.5) is 5.13 Å². The van der Waals surface area contributed by atoms with Crippen LogP contribution in [-0.4, -0.2) is 17.5 Å². The van der Waals surface area contributed by atoms with Gasteiger partial charge in [0.25, 0.3) is 5.91 Å². The number of benzene rings is 1. The molecule has 0 radical (unpaired) electrons. The van der Waals surface area contributed by atoms with E-state index in [0.29, 0.717) is 16.8 Å². The van der Waals surface area contributed by atoms with E-state index >= 15 is 0 Å². The smallest absolute Gasteiger partial charge is 0.264 e. The van der Waals surface area contributed by atoms with Gasteiger partial charge in [-0.15, -0.1) is 11.3 Å². The van der Waals surface area contributed by atoms with Crippen LogP contribution < -0.4 is 10.1 Å². The van der Waals surface area contributed by atoms with E-state index in [1.165, 1.54) is 11.3 Å². The van der Waals surface area contributed by atoms with Gasteiger partial charge in [-0.2, -0.15) is 0 Å². The van der Waals surface area contributed by atoms with Crippen molar-refractivity contribution in [1.29, 1.82) is 0 Å². The van der Waals surface area contributed by atoms with Crippen molar-refractivity contribution >= 4 is 34.0 Å². The minimum Gasteiger partial charge on any atom is -0.484 e. The number of rotatable bonds is 4. The summed E-state index contributed by atoms with van der Waals surface area (Å²) in [5.41, 5.74) is 3.01. The molecule has 1 aromatic carbocycles. The lowest BCUT2D eigenvalue weighted by molar-refractivity contribution is -0.118. The van der Waals surface area contributed by atoms with Crippen molar-refractivity contribution in [1.82, 2.24) is 4.98 Å². The van der Waals surface area contributed by atoms with Gasteiger partial charge in [-0.05, 0) is 62.3 Å². The molecule has 1 aromatic heterocycles. The topological polar surface area (TPSA) is 51.2 Å². The number of thiazole rings is 1. The fourth-order valence-electron chi connectivity index (χ4n) is 2.89. The van der Waals surface area contributed by atoms with Crippen LogP contribution in [0, 0.1) is 19.8 Å². The number of aromatic nitrogens is 1. The molecule has 0 saturated carbocycles. The van der Waals surface area contributed by atoms with Crippen molar-refractivity contribution < 1.29 is 9.53 Å². The lowest BCUT2D eigenvalue weighted by Crippen LogP contribution is -2.20. The third-order valence-corrected chi connectivity index (χ3v) is 5.84. The summed E-state index contributed by atoms with van der Waals surface area (Å²) in [7, 11) is 0. The minimum atomic E-state index is -0.195. The fourth-order valence-corrected chi connectivity index (χ4v) is 4.18. The number of carbonyl (C=O) groups excluding carboxylic acids is 1. The average molecular weight is 365 g/mol. The largest absolute Gasteiger partial charge is 0.484 e. The van der Waals surface area contributed by atoms with Gasteiger partial charge in [0.1, 0.15) is 5.75 Å². The first-order valence-electron chi connectivity index (χ1n) is 8.10. The molecule has 1 atom stereocenters. The number of nitrogens with one attached hydrogen (secondary N) is 1. The highest BCUT2D eigenvalue weighted by Crippen LogP contribution is 2.32. The van der Waals surface area contributed by atoms with Crippen LogP contribution in [0.2, 0.25) is 5.02 Å². The Kier molecular flexibility index (Phi) is 5.11. The number of amides is 1. The number of hydrogen-bond donors (Lipinski definition) is 1. The number of ether oxygens (including phenoxy) is 1. The average Bonchev–Trinajstić information content (AvgIpc) is 2.91. The van der Waals surface area contributed by atoms with Gasteiger partial charge in [0.15, 0.2) is 11.7 Å². The van der Waals surface area contributed by atoms with Crippen molar-refractivity contribution in [3.8, 4) is 5.75 Å². The molecule has 6 heteroatoms. The van der Waals surface area contributed by atoms with E-state index in [0.717, 1.165) is 34.7 Å².